The number of carbonyl (C=O) groups excluding carboxylic acids is 1. The van der Waals surface area contributed by atoms with Gasteiger partial charge in [-0.3, -0.25) is 19.8 Å². The largest absolute Gasteiger partial charge is 0.467 e. The minimum Gasteiger partial charge on any atom is -0.467 e. The van der Waals surface area contributed by atoms with E-state index in [1.807, 2.05) is 24.3 Å². The molecule has 1 fully saturated rings. The monoisotopic (exact) mass is 510 g/mol. The standard InChI is InChI=1S/C22H15BrN4O4S/c23-17-6-1-4-15(10-17)12-20-21(28)26(14-19-8-3-9-31-19)22(32-20)25-24-13-16-5-2-7-18(11-16)27(29)30/h1-13H,14H2/b20-12-,24-13-,25-22+. The number of furan rings is 1. The number of nitro benzene ring substituents is 1. The summed E-state index contributed by atoms with van der Waals surface area (Å²) in [6.45, 7) is 0.208. The third-order valence-corrected chi connectivity index (χ3v) is 5.85. The Kier molecular flexibility index (Phi) is 6.62. The van der Waals surface area contributed by atoms with Crippen LogP contribution in [0.3, 0.4) is 0 Å². The van der Waals surface area contributed by atoms with Crippen molar-refractivity contribution in [2.75, 3.05) is 0 Å². The molecule has 1 saturated heterocycles. The highest BCUT2D eigenvalue weighted by molar-refractivity contribution is 9.10. The summed E-state index contributed by atoms with van der Waals surface area (Å²) in [7, 11) is 0. The molecule has 0 saturated carbocycles. The van der Waals surface area contributed by atoms with E-state index in [-0.39, 0.29) is 18.1 Å². The molecule has 1 aliphatic rings. The molecule has 160 valence electrons. The molecule has 0 radical (unpaired) electrons. The molecule has 0 bridgehead atoms. The van der Waals surface area contributed by atoms with Crippen LogP contribution in [0.25, 0.3) is 6.08 Å². The van der Waals surface area contributed by atoms with E-state index in [1.165, 1.54) is 35.0 Å². The predicted octanol–water partition coefficient (Wildman–Crippen LogP) is 5.46. The molecular weight excluding hydrogens is 496 g/mol. The van der Waals surface area contributed by atoms with Gasteiger partial charge in [0.1, 0.15) is 5.76 Å². The molecule has 1 aromatic heterocycles. The minimum atomic E-state index is -0.473. The Hall–Kier alpha value is -3.50. The summed E-state index contributed by atoms with van der Waals surface area (Å²) in [4.78, 5) is 25.5. The van der Waals surface area contributed by atoms with Crippen LogP contribution >= 0.6 is 27.7 Å². The van der Waals surface area contributed by atoms with Gasteiger partial charge in [-0.2, -0.15) is 5.10 Å². The van der Waals surface area contributed by atoms with Crippen LogP contribution in [0.4, 0.5) is 5.69 Å². The summed E-state index contributed by atoms with van der Waals surface area (Å²) in [5.41, 5.74) is 1.36. The van der Waals surface area contributed by atoms with Crippen molar-refractivity contribution in [1.29, 1.82) is 0 Å². The summed E-state index contributed by atoms with van der Waals surface area (Å²) in [6.07, 6.45) is 4.74. The summed E-state index contributed by atoms with van der Waals surface area (Å²) in [6, 6.07) is 17.2. The molecular formula is C22H15BrN4O4S. The molecule has 2 heterocycles. The number of amidine groups is 1. The third kappa shape index (κ3) is 5.21. The fourth-order valence-corrected chi connectivity index (χ4v) is 4.24. The summed E-state index contributed by atoms with van der Waals surface area (Å²) in [5.74, 6) is 0.397. The number of benzene rings is 2. The predicted molar refractivity (Wildman–Crippen MR) is 127 cm³/mol. The zero-order chi connectivity index (χ0) is 22.5. The van der Waals surface area contributed by atoms with Gasteiger partial charge >= 0.3 is 0 Å². The molecule has 0 aliphatic carbocycles. The van der Waals surface area contributed by atoms with Gasteiger partial charge in [-0.15, -0.1) is 5.10 Å². The van der Waals surface area contributed by atoms with Gasteiger partial charge in [0.25, 0.3) is 11.6 Å². The van der Waals surface area contributed by atoms with E-state index < -0.39 is 4.92 Å². The number of non-ortho nitro benzene ring substituents is 1. The highest BCUT2D eigenvalue weighted by atomic mass is 79.9. The first-order valence-corrected chi connectivity index (χ1v) is 11.0. The van der Waals surface area contributed by atoms with Crippen LogP contribution in [0.5, 0.6) is 0 Å². The van der Waals surface area contributed by atoms with Crippen LogP contribution in [0, 0.1) is 10.1 Å². The van der Waals surface area contributed by atoms with E-state index in [9.17, 15) is 14.9 Å². The van der Waals surface area contributed by atoms with Gasteiger partial charge < -0.3 is 4.42 Å². The van der Waals surface area contributed by atoms with Gasteiger partial charge in [0.05, 0.1) is 28.9 Å². The zero-order valence-electron chi connectivity index (χ0n) is 16.4. The first kappa shape index (κ1) is 21.7. The van der Waals surface area contributed by atoms with E-state index in [0.717, 1.165) is 10.0 Å². The highest BCUT2D eigenvalue weighted by Gasteiger charge is 2.34. The van der Waals surface area contributed by atoms with Gasteiger partial charge in [0.2, 0.25) is 0 Å². The second kappa shape index (κ2) is 9.75. The van der Waals surface area contributed by atoms with Crippen molar-refractivity contribution >= 4 is 56.7 Å². The van der Waals surface area contributed by atoms with E-state index in [0.29, 0.717) is 21.4 Å². The van der Waals surface area contributed by atoms with Crippen LogP contribution in [0.1, 0.15) is 16.9 Å². The maximum absolute atomic E-state index is 13.1. The van der Waals surface area contributed by atoms with E-state index in [2.05, 4.69) is 26.1 Å². The Bertz CT molecular complexity index is 1250. The third-order valence-electron chi connectivity index (χ3n) is 4.36. The molecule has 0 spiro atoms. The highest BCUT2D eigenvalue weighted by Crippen LogP contribution is 2.34. The number of halogens is 1. The van der Waals surface area contributed by atoms with E-state index in [4.69, 9.17) is 4.42 Å². The first-order valence-electron chi connectivity index (χ1n) is 9.34. The average molecular weight is 511 g/mol. The lowest BCUT2D eigenvalue weighted by molar-refractivity contribution is -0.384. The lowest BCUT2D eigenvalue weighted by atomic mass is 10.2. The molecule has 8 nitrogen and oxygen atoms in total. The summed E-state index contributed by atoms with van der Waals surface area (Å²) < 4.78 is 6.29. The van der Waals surface area contributed by atoms with Crippen molar-refractivity contribution in [3.8, 4) is 0 Å². The van der Waals surface area contributed by atoms with Crippen molar-refractivity contribution in [3.05, 3.63) is 103 Å². The quantitative estimate of drug-likeness (QED) is 0.189. The molecule has 32 heavy (non-hydrogen) atoms. The van der Waals surface area contributed by atoms with Crippen LogP contribution in [-0.2, 0) is 11.3 Å². The fourth-order valence-electron chi connectivity index (χ4n) is 2.89. The van der Waals surface area contributed by atoms with Gasteiger partial charge in [0, 0.05) is 22.2 Å². The second-order valence-corrected chi connectivity index (χ2v) is 8.54. The minimum absolute atomic E-state index is 0.0364. The Morgan fingerprint density at radius 1 is 1.12 bits per heavy atom. The fraction of sp³-hybridized carbons (Fsp3) is 0.0455. The summed E-state index contributed by atoms with van der Waals surface area (Å²) in [5, 5.41) is 19.6. The van der Waals surface area contributed by atoms with Gasteiger partial charge in [-0.25, -0.2) is 0 Å². The number of hydrogen-bond donors (Lipinski definition) is 0. The topological polar surface area (TPSA) is 101 Å². The van der Waals surface area contributed by atoms with Crippen molar-refractivity contribution in [2.45, 2.75) is 6.54 Å². The number of amides is 1. The van der Waals surface area contributed by atoms with Crippen LogP contribution in [0.2, 0.25) is 0 Å². The molecule has 2 aromatic carbocycles. The number of rotatable bonds is 6. The maximum atomic E-state index is 13.1. The molecule has 1 amide bonds. The molecule has 0 unspecified atom stereocenters. The normalized spacial score (nSPS) is 16.5. The van der Waals surface area contributed by atoms with Crippen molar-refractivity contribution in [1.82, 2.24) is 4.90 Å². The van der Waals surface area contributed by atoms with Crippen LogP contribution in [0.15, 0.2) is 90.9 Å². The van der Waals surface area contributed by atoms with Crippen LogP contribution in [-0.4, -0.2) is 27.1 Å². The SMILES string of the molecule is O=C1/C(=C/c2cccc(Br)c2)S/C(=N/N=C\c2cccc([N+](=O)[O-])c2)N1Cc1ccco1. The molecule has 4 rings (SSSR count). The lowest BCUT2D eigenvalue weighted by Gasteiger charge is -2.12. The second-order valence-electron chi connectivity index (χ2n) is 6.62. The smallest absolute Gasteiger partial charge is 0.270 e. The number of thioether (sulfide) groups is 1. The maximum Gasteiger partial charge on any atom is 0.270 e. The molecule has 3 aromatic rings. The number of hydrogen-bond acceptors (Lipinski definition) is 7. The van der Waals surface area contributed by atoms with Gasteiger partial charge in [-0.05, 0) is 47.7 Å². The molecule has 0 N–H and O–H groups in total. The summed E-state index contributed by atoms with van der Waals surface area (Å²) >= 11 is 4.63. The van der Waals surface area contributed by atoms with Gasteiger partial charge in [0.15, 0.2) is 5.17 Å². The van der Waals surface area contributed by atoms with Crippen molar-refractivity contribution in [2.24, 2.45) is 10.2 Å². The average Bonchev–Trinajstić information content (AvgIpc) is 3.38. The zero-order valence-corrected chi connectivity index (χ0v) is 18.8. The van der Waals surface area contributed by atoms with Crippen molar-refractivity contribution in [3.63, 3.8) is 0 Å². The Morgan fingerprint density at radius 3 is 2.69 bits per heavy atom. The number of carbonyl (C=O) groups is 1. The molecule has 0 atom stereocenters. The Balaban J connectivity index is 1.62. The Morgan fingerprint density at radius 2 is 1.94 bits per heavy atom. The van der Waals surface area contributed by atoms with Crippen LogP contribution < -0.4 is 0 Å². The lowest BCUT2D eigenvalue weighted by Crippen LogP contribution is -2.28. The van der Waals surface area contributed by atoms with Crippen molar-refractivity contribution < 1.29 is 14.1 Å². The van der Waals surface area contributed by atoms with Gasteiger partial charge in [-0.1, -0.05) is 40.2 Å². The van der Waals surface area contributed by atoms with E-state index >= 15 is 0 Å². The number of nitrogens with zero attached hydrogens (tertiary/aromatic N) is 4. The molecule has 1 aliphatic heterocycles. The molecule has 10 heteroatoms. The van der Waals surface area contributed by atoms with E-state index in [1.54, 1.807) is 36.6 Å². The first-order chi connectivity index (χ1) is 15.5. The Labute approximate surface area is 195 Å². The number of nitro groups is 1.